The summed E-state index contributed by atoms with van der Waals surface area (Å²) < 4.78 is 5.68. The predicted octanol–water partition coefficient (Wildman–Crippen LogP) is 3.63. The first-order valence-corrected chi connectivity index (χ1v) is 8.90. The van der Waals surface area contributed by atoms with Crippen molar-refractivity contribution in [2.45, 2.75) is 18.9 Å². The average molecular weight is 335 g/mol. The summed E-state index contributed by atoms with van der Waals surface area (Å²) in [5.74, 6) is 1.37. The summed E-state index contributed by atoms with van der Waals surface area (Å²) in [5.41, 5.74) is 3.92. The Morgan fingerprint density at radius 3 is 2.32 bits per heavy atom. The molecule has 2 aromatic carbocycles. The van der Waals surface area contributed by atoms with E-state index in [0.29, 0.717) is 5.92 Å². The largest absolute Gasteiger partial charge is 0.469 e. The Bertz CT molecular complexity index is 733. The van der Waals surface area contributed by atoms with Crippen molar-refractivity contribution in [2.75, 3.05) is 25.5 Å². The van der Waals surface area contributed by atoms with E-state index >= 15 is 0 Å². The highest BCUT2D eigenvalue weighted by Gasteiger charge is 2.17. The molecule has 25 heavy (non-hydrogen) atoms. The van der Waals surface area contributed by atoms with Crippen molar-refractivity contribution in [3.63, 3.8) is 0 Å². The van der Waals surface area contributed by atoms with Crippen LogP contribution in [0.5, 0.6) is 0 Å². The maximum atomic E-state index is 5.68. The van der Waals surface area contributed by atoms with Gasteiger partial charge in [-0.3, -0.25) is 0 Å². The molecule has 0 radical (unpaired) electrons. The number of anilines is 1. The van der Waals surface area contributed by atoms with Gasteiger partial charge in [-0.25, -0.2) is 0 Å². The van der Waals surface area contributed by atoms with E-state index in [1.807, 2.05) is 6.07 Å². The van der Waals surface area contributed by atoms with Crippen molar-refractivity contribution in [1.82, 2.24) is 0 Å². The van der Waals surface area contributed by atoms with E-state index < -0.39 is 0 Å². The minimum absolute atomic E-state index is 0.323. The molecule has 0 aliphatic rings. The molecule has 0 fully saturated rings. The lowest BCUT2D eigenvalue weighted by Gasteiger charge is -2.15. The number of nitrogens with zero attached hydrogens (tertiary/aromatic N) is 1. The molecule has 0 saturated heterocycles. The quantitative estimate of drug-likeness (QED) is 0.638. The normalized spacial score (nSPS) is 12.1. The van der Waals surface area contributed by atoms with Crippen LogP contribution >= 0.6 is 0 Å². The van der Waals surface area contributed by atoms with Crippen LogP contribution in [-0.2, 0) is 6.54 Å². The molecule has 0 bridgehead atoms. The Kier molecular flexibility index (Phi) is 5.91. The molecular formula is C22H27N2O+. The lowest BCUT2D eigenvalue weighted by molar-refractivity contribution is -0.671. The summed E-state index contributed by atoms with van der Waals surface area (Å²) in [4.78, 5) is 2.13. The Balaban J connectivity index is 1.55. The molecule has 0 saturated carbocycles. The summed E-state index contributed by atoms with van der Waals surface area (Å²) in [6.07, 6.45) is 2.83. The molecular weight excluding hydrogens is 308 g/mol. The molecule has 3 nitrogen and oxygen atoms in total. The Hall–Kier alpha value is -2.52. The molecule has 0 amide bonds. The van der Waals surface area contributed by atoms with Gasteiger partial charge < -0.3 is 14.6 Å². The fourth-order valence-electron chi connectivity index (χ4n) is 3.13. The Labute approximate surface area is 150 Å². The number of furan rings is 1. The standard InChI is InChI=1S/C22H26N2O/c1-24(2)20-12-10-18(11-13-20)17-23-15-14-21(22-9-6-16-25-22)19-7-4-3-5-8-19/h3-13,16,21,23H,14-15,17H2,1-2H3/p+1/t21-/m1/s1. The zero-order valence-corrected chi connectivity index (χ0v) is 15.1. The number of nitrogens with two attached hydrogens (primary N) is 1. The minimum atomic E-state index is 0.323. The van der Waals surface area contributed by atoms with Gasteiger partial charge >= 0.3 is 0 Å². The lowest BCUT2D eigenvalue weighted by Crippen LogP contribution is -2.82. The lowest BCUT2D eigenvalue weighted by atomic mass is 9.93. The van der Waals surface area contributed by atoms with Gasteiger partial charge in [-0.15, -0.1) is 0 Å². The molecule has 1 atom stereocenters. The second-order valence-corrected chi connectivity index (χ2v) is 6.61. The van der Waals surface area contributed by atoms with Crippen molar-refractivity contribution in [2.24, 2.45) is 0 Å². The maximum absolute atomic E-state index is 5.68. The van der Waals surface area contributed by atoms with Gasteiger partial charge in [0.25, 0.3) is 0 Å². The van der Waals surface area contributed by atoms with Crippen LogP contribution in [0, 0.1) is 0 Å². The van der Waals surface area contributed by atoms with Crippen LogP contribution in [0.3, 0.4) is 0 Å². The Morgan fingerprint density at radius 1 is 0.920 bits per heavy atom. The van der Waals surface area contributed by atoms with Crippen LogP contribution in [0.15, 0.2) is 77.4 Å². The van der Waals surface area contributed by atoms with Gasteiger partial charge in [-0.1, -0.05) is 42.5 Å². The van der Waals surface area contributed by atoms with Gasteiger partial charge in [0.2, 0.25) is 0 Å². The second kappa shape index (κ2) is 8.54. The molecule has 1 heterocycles. The third kappa shape index (κ3) is 4.74. The summed E-state index contributed by atoms with van der Waals surface area (Å²) in [7, 11) is 4.14. The number of benzene rings is 2. The van der Waals surface area contributed by atoms with Crippen molar-refractivity contribution in [3.8, 4) is 0 Å². The van der Waals surface area contributed by atoms with Crippen LogP contribution in [0.25, 0.3) is 0 Å². The van der Waals surface area contributed by atoms with Crippen molar-refractivity contribution in [3.05, 3.63) is 89.9 Å². The van der Waals surface area contributed by atoms with Gasteiger partial charge in [0.05, 0.1) is 12.8 Å². The van der Waals surface area contributed by atoms with Crippen LogP contribution < -0.4 is 10.2 Å². The van der Waals surface area contributed by atoms with E-state index in [0.717, 1.165) is 25.3 Å². The molecule has 0 aliphatic heterocycles. The Morgan fingerprint density at radius 2 is 1.68 bits per heavy atom. The highest BCUT2D eigenvalue weighted by molar-refractivity contribution is 5.45. The molecule has 130 valence electrons. The molecule has 0 aliphatic carbocycles. The molecule has 0 unspecified atom stereocenters. The molecule has 2 N–H and O–H groups in total. The van der Waals surface area contributed by atoms with Crippen molar-refractivity contribution >= 4 is 5.69 Å². The summed E-state index contributed by atoms with van der Waals surface area (Å²) >= 11 is 0. The molecule has 3 heteroatoms. The smallest absolute Gasteiger partial charge is 0.111 e. The number of quaternary nitrogens is 1. The van der Waals surface area contributed by atoms with Crippen LogP contribution in [-0.4, -0.2) is 20.6 Å². The third-order valence-electron chi connectivity index (χ3n) is 4.58. The second-order valence-electron chi connectivity index (χ2n) is 6.61. The van der Waals surface area contributed by atoms with Gasteiger partial charge in [-0.2, -0.15) is 0 Å². The highest BCUT2D eigenvalue weighted by atomic mass is 16.3. The average Bonchev–Trinajstić information content (AvgIpc) is 3.17. The molecule has 3 rings (SSSR count). The highest BCUT2D eigenvalue weighted by Crippen LogP contribution is 2.27. The minimum Gasteiger partial charge on any atom is -0.469 e. The molecule has 3 aromatic rings. The number of hydrogen-bond donors (Lipinski definition) is 1. The van der Waals surface area contributed by atoms with Gasteiger partial charge in [0.1, 0.15) is 12.3 Å². The van der Waals surface area contributed by atoms with E-state index in [1.165, 1.54) is 16.8 Å². The van der Waals surface area contributed by atoms with E-state index in [-0.39, 0.29) is 0 Å². The summed E-state index contributed by atoms with van der Waals surface area (Å²) in [6, 6.07) is 23.5. The first-order valence-electron chi connectivity index (χ1n) is 8.90. The topological polar surface area (TPSA) is 33.0 Å². The molecule has 1 aromatic heterocycles. The fourth-order valence-corrected chi connectivity index (χ4v) is 3.13. The first kappa shape index (κ1) is 17.3. The maximum Gasteiger partial charge on any atom is 0.111 e. The fraction of sp³-hybridized carbons (Fsp3) is 0.273. The predicted molar refractivity (Wildman–Crippen MR) is 103 cm³/mol. The van der Waals surface area contributed by atoms with Crippen molar-refractivity contribution in [1.29, 1.82) is 0 Å². The zero-order valence-electron chi connectivity index (χ0n) is 15.1. The van der Waals surface area contributed by atoms with Crippen LogP contribution in [0.1, 0.15) is 29.2 Å². The van der Waals surface area contributed by atoms with E-state index in [1.54, 1.807) is 6.26 Å². The number of hydrogen-bond acceptors (Lipinski definition) is 2. The van der Waals surface area contributed by atoms with Gasteiger partial charge in [0.15, 0.2) is 0 Å². The van der Waals surface area contributed by atoms with Crippen molar-refractivity contribution < 1.29 is 9.73 Å². The van der Waals surface area contributed by atoms with Crippen LogP contribution in [0.4, 0.5) is 5.69 Å². The zero-order chi connectivity index (χ0) is 17.5. The number of rotatable bonds is 8. The SMILES string of the molecule is CN(C)c1ccc(C[NH2+]CC[C@H](c2ccccc2)c2ccco2)cc1. The van der Waals surface area contributed by atoms with Gasteiger partial charge in [-0.05, 0) is 29.8 Å². The summed E-state index contributed by atoms with van der Waals surface area (Å²) in [5, 5.41) is 2.38. The third-order valence-corrected chi connectivity index (χ3v) is 4.58. The van der Waals surface area contributed by atoms with E-state index in [9.17, 15) is 0 Å². The summed E-state index contributed by atoms with van der Waals surface area (Å²) in [6.45, 7) is 2.07. The van der Waals surface area contributed by atoms with E-state index in [4.69, 9.17) is 4.42 Å². The van der Waals surface area contributed by atoms with Crippen LogP contribution in [0.2, 0.25) is 0 Å². The monoisotopic (exact) mass is 335 g/mol. The molecule has 0 spiro atoms. The van der Waals surface area contributed by atoms with E-state index in [2.05, 4.69) is 85.0 Å². The van der Waals surface area contributed by atoms with Gasteiger partial charge in [0, 0.05) is 37.7 Å². The first-order chi connectivity index (χ1) is 12.2.